The molecule has 1 saturated heterocycles. The van der Waals surface area contributed by atoms with E-state index >= 15 is 0 Å². The SMILES string of the molecule is CC(CNC(=O)c1cccc(F)c1)Oc1ccc(CN2CCN(Cc3cccnc3)CC2)cc1. The van der Waals surface area contributed by atoms with Gasteiger partial charge in [0.25, 0.3) is 5.91 Å². The highest BCUT2D eigenvalue weighted by molar-refractivity contribution is 5.94. The van der Waals surface area contributed by atoms with E-state index in [2.05, 4.69) is 38.3 Å². The molecule has 2 heterocycles. The third-order valence-electron chi connectivity index (χ3n) is 5.90. The van der Waals surface area contributed by atoms with Crippen molar-refractivity contribution in [2.75, 3.05) is 32.7 Å². The van der Waals surface area contributed by atoms with Gasteiger partial charge in [0, 0.05) is 57.2 Å². The van der Waals surface area contributed by atoms with Gasteiger partial charge in [-0.3, -0.25) is 19.6 Å². The van der Waals surface area contributed by atoms with Gasteiger partial charge in [-0.05, 0) is 54.4 Å². The van der Waals surface area contributed by atoms with Crippen LogP contribution in [-0.4, -0.2) is 59.5 Å². The molecular weight excluding hydrogens is 431 g/mol. The number of pyridine rings is 1. The zero-order valence-corrected chi connectivity index (χ0v) is 19.5. The molecule has 1 fully saturated rings. The maximum absolute atomic E-state index is 13.3. The molecule has 3 aromatic rings. The maximum Gasteiger partial charge on any atom is 0.251 e. The number of carbonyl (C=O) groups excluding carboxylic acids is 1. The summed E-state index contributed by atoms with van der Waals surface area (Å²) in [7, 11) is 0. The Balaban J connectivity index is 1.18. The average molecular weight is 463 g/mol. The van der Waals surface area contributed by atoms with Gasteiger partial charge in [0.05, 0.1) is 6.54 Å². The Morgan fingerprint density at radius 2 is 1.71 bits per heavy atom. The first-order valence-corrected chi connectivity index (χ1v) is 11.7. The summed E-state index contributed by atoms with van der Waals surface area (Å²) in [5.74, 6) is 0.0204. The topological polar surface area (TPSA) is 57.7 Å². The fourth-order valence-corrected chi connectivity index (χ4v) is 4.03. The van der Waals surface area contributed by atoms with Gasteiger partial charge in [-0.15, -0.1) is 0 Å². The number of hydrogen-bond donors (Lipinski definition) is 1. The van der Waals surface area contributed by atoms with Crippen LogP contribution in [-0.2, 0) is 13.1 Å². The van der Waals surface area contributed by atoms with Crippen LogP contribution in [0, 0.1) is 5.82 Å². The Labute approximate surface area is 200 Å². The number of aromatic nitrogens is 1. The largest absolute Gasteiger partial charge is 0.489 e. The summed E-state index contributed by atoms with van der Waals surface area (Å²) in [5, 5.41) is 2.79. The van der Waals surface area contributed by atoms with Crippen LogP contribution in [0.4, 0.5) is 4.39 Å². The van der Waals surface area contributed by atoms with Gasteiger partial charge in [-0.1, -0.05) is 24.3 Å². The molecule has 1 aliphatic rings. The molecule has 7 heteroatoms. The van der Waals surface area contributed by atoms with Gasteiger partial charge in [0.15, 0.2) is 0 Å². The summed E-state index contributed by atoms with van der Waals surface area (Å²) in [6, 6.07) is 17.9. The highest BCUT2D eigenvalue weighted by Crippen LogP contribution is 2.16. The second kappa shape index (κ2) is 11.7. The molecule has 0 aliphatic carbocycles. The lowest BCUT2D eigenvalue weighted by Crippen LogP contribution is -2.45. The molecule has 1 unspecified atom stereocenters. The molecule has 0 spiro atoms. The standard InChI is InChI=1S/C27H31FN4O2/c1-21(17-30-27(33)24-5-2-6-25(28)16-24)34-26-9-7-22(8-10-26)19-31-12-14-32(15-13-31)20-23-4-3-11-29-18-23/h2-11,16,18,21H,12-15,17,19-20H2,1H3,(H,30,33). The predicted molar refractivity (Wildman–Crippen MR) is 130 cm³/mol. The fourth-order valence-electron chi connectivity index (χ4n) is 4.03. The molecule has 1 aliphatic heterocycles. The Morgan fingerprint density at radius 1 is 1.00 bits per heavy atom. The molecule has 0 radical (unpaired) electrons. The molecule has 0 bridgehead atoms. The van der Waals surface area contributed by atoms with E-state index < -0.39 is 5.82 Å². The lowest BCUT2D eigenvalue weighted by atomic mass is 10.1. The van der Waals surface area contributed by atoms with Crippen LogP contribution in [0.3, 0.4) is 0 Å². The number of halogens is 1. The van der Waals surface area contributed by atoms with Crippen molar-refractivity contribution in [1.82, 2.24) is 20.1 Å². The number of piperazine rings is 1. The van der Waals surface area contributed by atoms with Crippen LogP contribution in [0.5, 0.6) is 5.75 Å². The number of nitrogens with one attached hydrogen (secondary N) is 1. The highest BCUT2D eigenvalue weighted by Gasteiger charge is 2.17. The number of carbonyl (C=O) groups is 1. The summed E-state index contributed by atoms with van der Waals surface area (Å²) < 4.78 is 19.2. The van der Waals surface area contributed by atoms with Crippen LogP contribution < -0.4 is 10.1 Å². The third-order valence-corrected chi connectivity index (χ3v) is 5.90. The van der Waals surface area contributed by atoms with Crippen LogP contribution in [0.15, 0.2) is 73.1 Å². The normalized spacial score (nSPS) is 15.6. The van der Waals surface area contributed by atoms with E-state index in [-0.39, 0.29) is 12.0 Å². The average Bonchev–Trinajstić information content (AvgIpc) is 2.85. The molecule has 1 atom stereocenters. The van der Waals surface area contributed by atoms with Crippen molar-refractivity contribution < 1.29 is 13.9 Å². The van der Waals surface area contributed by atoms with Gasteiger partial charge in [0.2, 0.25) is 0 Å². The first-order chi connectivity index (χ1) is 16.5. The Morgan fingerprint density at radius 3 is 2.35 bits per heavy atom. The van der Waals surface area contributed by atoms with Crippen LogP contribution in [0.1, 0.15) is 28.4 Å². The zero-order valence-electron chi connectivity index (χ0n) is 19.5. The molecular formula is C27H31FN4O2. The van der Waals surface area contributed by atoms with E-state index in [0.29, 0.717) is 12.1 Å². The number of nitrogens with zero attached hydrogens (tertiary/aromatic N) is 3. The monoisotopic (exact) mass is 462 g/mol. The predicted octanol–water partition coefficient (Wildman–Crippen LogP) is 3.74. The minimum Gasteiger partial charge on any atom is -0.489 e. The van der Waals surface area contributed by atoms with Crippen molar-refractivity contribution in [3.8, 4) is 5.75 Å². The van der Waals surface area contributed by atoms with Crippen molar-refractivity contribution in [2.45, 2.75) is 26.1 Å². The first kappa shape index (κ1) is 23.9. The van der Waals surface area contributed by atoms with Crippen LogP contribution in [0.2, 0.25) is 0 Å². The molecule has 2 aromatic carbocycles. The highest BCUT2D eigenvalue weighted by atomic mass is 19.1. The van der Waals surface area contributed by atoms with E-state index in [0.717, 1.165) is 45.0 Å². The number of amides is 1. The molecule has 1 aromatic heterocycles. The van der Waals surface area contributed by atoms with Crippen LogP contribution in [0.25, 0.3) is 0 Å². The Hall–Kier alpha value is -3.29. The minimum absolute atomic E-state index is 0.212. The Bertz CT molecular complexity index is 1050. The summed E-state index contributed by atoms with van der Waals surface area (Å²) in [6.07, 6.45) is 3.54. The number of benzene rings is 2. The molecule has 1 amide bonds. The molecule has 1 N–H and O–H groups in total. The van der Waals surface area contributed by atoms with Gasteiger partial charge in [-0.25, -0.2) is 4.39 Å². The summed E-state index contributed by atoms with van der Waals surface area (Å²) in [4.78, 5) is 21.3. The minimum atomic E-state index is -0.427. The molecule has 178 valence electrons. The Kier molecular flexibility index (Phi) is 8.22. The quantitative estimate of drug-likeness (QED) is 0.525. The van der Waals surface area contributed by atoms with E-state index in [9.17, 15) is 9.18 Å². The summed E-state index contributed by atoms with van der Waals surface area (Å²) in [6.45, 7) is 8.28. The smallest absolute Gasteiger partial charge is 0.251 e. The van der Waals surface area contributed by atoms with Crippen molar-refractivity contribution >= 4 is 5.91 Å². The van der Waals surface area contributed by atoms with Gasteiger partial charge in [0.1, 0.15) is 17.7 Å². The van der Waals surface area contributed by atoms with Crippen LogP contribution >= 0.6 is 0 Å². The zero-order chi connectivity index (χ0) is 23.8. The molecule has 34 heavy (non-hydrogen) atoms. The van der Waals surface area contributed by atoms with Crippen molar-refractivity contribution in [3.05, 3.63) is 95.6 Å². The van der Waals surface area contributed by atoms with E-state index in [1.54, 1.807) is 6.07 Å². The molecule has 6 nitrogen and oxygen atoms in total. The number of hydrogen-bond acceptors (Lipinski definition) is 5. The van der Waals surface area contributed by atoms with Crippen molar-refractivity contribution in [1.29, 1.82) is 0 Å². The van der Waals surface area contributed by atoms with E-state index in [4.69, 9.17) is 4.74 Å². The van der Waals surface area contributed by atoms with Crippen molar-refractivity contribution in [3.63, 3.8) is 0 Å². The second-order valence-corrected chi connectivity index (χ2v) is 8.71. The fraction of sp³-hybridized carbons (Fsp3) is 0.333. The lowest BCUT2D eigenvalue weighted by molar-refractivity contribution is 0.0931. The first-order valence-electron chi connectivity index (χ1n) is 11.7. The van der Waals surface area contributed by atoms with Gasteiger partial charge >= 0.3 is 0 Å². The van der Waals surface area contributed by atoms with E-state index in [1.807, 2.05) is 37.5 Å². The summed E-state index contributed by atoms with van der Waals surface area (Å²) in [5.41, 5.74) is 2.81. The van der Waals surface area contributed by atoms with Crippen molar-refractivity contribution in [2.24, 2.45) is 0 Å². The molecule has 0 saturated carbocycles. The van der Waals surface area contributed by atoms with Gasteiger partial charge < -0.3 is 10.1 Å². The third kappa shape index (κ3) is 7.10. The van der Waals surface area contributed by atoms with Gasteiger partial charge in [-0.2, -0.15) is 0 Å². The second-order valence-electron chi connectivity index (χ2n) is 8.71. The lowest BCUT2D eigenvalue weighted by Gasteiger charge is -2.34. The number of ether oxygens (including phenoxy) is 1. The number of rotatable bonds is 9. The van der Waals surface area contributed by atoms with E-state index in [1.165, 1.54) is 29.3 Å². The summed E-state index contributed by atoms with van der Waals surface area (Å²) >= 11 is 0. The molecule has 4 rings (SSSR count). The maximum atomic E-state index is 13.3.